The monoisotopic (exact) mass is 314 g/mol. The number of carbonyl (C=O) groups excluding carboxylic acids is 1. The van der Waals surface area contributed by atoms with Crippen LogP contribution in [0.4, 0.5) is 5.13 Å². The van der Waals surface area contributed by atoms with Gasteiger partial charge in [0.15, 0.2) is 5.13 Å². The molecular weight excluding hydrogens is 300 g/mol. The predicted octanol–water partition coefficient (Wildman–Crippen LogP) is 4.36. The molecule has 0 spiro atoms. The molecule has 0 aliphatic carbocycles. The number of carbonyl (C=O) groups is 1. The Morgan fingerprint density at radius 3 is 2.71 bits per heavy atom. The van der Waals surface area contributed by atoms with Crippen LogP contribution in [0.2, 0.25) is 0 Å². The van der Waals surface area contributed by atoms with Gasteiger partial charge < -0.3 is 5.32 Å². The molecule has 0 bridgehead atoms. The molecule has 0 saturated carbocycles. The minimum absolute atomic E-state index is 0.0362. The van der Waals surface area contributed by atoms with E-state index < -0.39 is 0 Å². The maximum absolute atomic E-state index is 12.0. The van der Waals surface area contributed by atoms with Gasteiger partial charge in [0.2, 0.25) is 5.91 Å². The van der Waals surface area contributed by atoms with Crippen LogP contribution in [-0.2, 0) is 11.2 Å². The maximum Gasteiger partial charge on any atom is 0.230 e. The first kappa shape index (κ1) is 14.0. The van der Waals surface area contributed by atoms with Crippen molar-refractivity contribution in [2.45, 2.75) is 13.3 Å². The summed E-state index contributed by atoms with van der Waals surface area (Å²) in [5.74, 6) is -0.0362. The lowest BCUT2D eigenvalue weighted by Gasteiger charge is -2.02. The van der Waals surface area contributed by atoms with E-state index in [1.165, 1.54) is 16.9 Å². The molecule has 5 heteroatoms. The summed E-state index contributed by atoms with van der Waals surface area (Å²) in [5.41, 5.74) is 3.12. The number of hydrogen-bond acceptors (Lipinski definition) is 4. The molecule has 1 amide bonds. The van der Waals surface area contributed by atoms with Crippen molar-refractivity contribution in [3.63, 3.8) is 0 Å². The van der Waals surface area contributed by atoms with Gasteiger partial charge in [0.05, 0.1) is 17.0 Å². The van der Waals surface area contributed by atoms with Crippen molar-refractivity contribution in [3.05, 3.63) is 58.3 Å². The van der Waals surface area contributed by atoms with Crippen molar-refractivity contribution in [2.24, 2.45) is 0 Å². The Kier molecular flexibility index (Phi) is 4.13. The first-order chi connectivity index (χ1) is 10.2. The lowest BCUT2D eigenvalue weighted by Crippen LogP contribution is -2.14. The minimum atomic E-state index is -0.0362. The van der Waals surface area contributed by atoms with Gasteiger partial charge in [-0.3, -0.25) is 4.79 Å². The molecule has 0 aliphatic rings. The summed E-state index contributed by atoms with van der Waals surface area (Å²) < 4.78 is 0. The second-order valence-corrected chi connectivity index (χ2v) is 6.53. The molecule has 2 heterocycles. The number of aromatic nitrogens is 1. The van der Waals surface area contributed by atoms with Crippen LogP contribution >= 0.6 is 22.7 Å². The highest BCUT2D eigenvalue weighted by Crippen LogP contribution is 2.28. The van der Waals surface area contributed by atoms with Gasteiger partial charge >= 0.3 is 0 Å². The summed E-state index contributed by atoms with van der Waals surface area (Å²) in [7, 11) is 0. The van der Waals surface area contributed by atoms with E-state index in [9.17, 15) is 4.79 Å². The number of nitrogens with one attached hydrogen (secondary N) is 1. The van der Waals surface area contributed by atoms with E-state index in [0.717, 1.165) is 16.1 Å². The number of benzene rings is 1. The molecule has 3 rings (SSSR count). The highest BCUT2D eigenvalue weighted by molar-refractivity contribution is 7.16. The fourth-order valence-electron chi connectivity index (χ4n) is 1.92. The van der Waals surface area contributed by atoms with Crippen LogP contribution in [0.25, 0.3) is 10.6 Å². The molecule has 21 heavy (non-hydrogen) atoms. The molecule has 3 aromatic rings. The SMILES string of the molecule is Cc1ccc(CC(=O)Nc2nc(-c3cccs3)cs2)cc1. The Labute approximate surface area is 131 Å². The number of thiophene rings is 1. The van der Waals surface area contributed by atoms with Crippen LogP contribution in [-0.4, -0.2) is 10.9 Å². The molecule has 0 radical (unpaired) electrons. The predicted molar refractivity (Wildman–Crippen MR) is 88.9 cm³/mol. The summed E-state index contributed by atoms with van der Waals surface area (Å²) in [5, 5.41) is 7.49. The van der Waals surface area contributed by atoms with Crippen LogP contribution in [0.3, 0.4) is 0 Å². The van der Waals surface area contributed by atoms with Crippen molar-refractivity contribution in [1.82, 2.24) is 4.98 Å². The average molecular weight is 314 g/mol. The first-order valence-corrected chi connectivity index (χ1v) is 8.31. The molecule has 0 fully saturated rings. The highest BCUT2D eigenvalue weighted by Gasteiger charge is 2.09. The highest BCUT2D eigenvalue weighted by atomic mass is 32.1. The van der Waals surface area contributed by atoms with Crippen LogP contribution in [0.15, 0.2) is 47.2 Å². The van der Waals surface area contributed by atoms with Crippen molar-refractivity contribution in [1.29, 1.82) is 0 Å². The van der Waals surface area contributed by atoms with Crippen LogP contribution < -0.4 is 5.32 Å². The van der Waals surface area contributed by atoms with Crippen molar-refractivity contribution in [2.75, 3.05) is 5.32 Å². The van der Waals surface area contributed by atoms with Gasteiger partial charge in [-0.05, 0) is 23.9 Å². The van der Waals surface area contributed by atoms with Crippen LogP contribution in [0, 0.1) is 6.92 Å². The minimum Gasteiger partial charge on any atom is -0.302 e. The van der Waals surface area contributed by atoms with E-state index in [1.54, 1.807) is 11.3 Å². The number of aryl methyl sites for hydroxylation is 1. The van der Waals surface area contributed by atoms with E-state index in [-0.39, 0.29) is 5.91 Å². The van der Waals surface area contributed by atoms with Gasteiger partial charge in [0, 0.05) is 5.38 Å². The van der Waals surface area contributed by atoms with Crippen molar-refractivity contribution >= 4 is 33.7 Å². The second kappa shape index (κ2) is 6.20. The molecule has 106 valence electrons. The summed E-state index contributed by atoms with van der Waals surface area (Å²) in [4.78, 5) is 17.6. The standard InChI is InChI=1S/C16H14N2OS2/c1-11-4-6-12(7-5-11)9-15(19)18-16-17-13(10-21-16)14-3-2-8-20-14/h2-8,10H,9H2,1H3,(H,17,18,19). The fourth-order valence-corrected chi connectivity index (χ4v) is 3.41. The summed E-state index contributed by atoms with van der Waals surface area (Å²) in [6, 6.07) is 12.0. The fraction of sp³-hybridized carbons (Fsp3) is 0.125. The number of anilines is 1. The van der Waals surface area contributed by atoms with Gasteiger partial charge in [-0.2, -0.15) is 0 Å². The molecule has 0 atom stereocenters. The van der Waals surface area contributed by atoms with Crippen molar-refractivity contribution in [3.8, 4) is 10.6 Å². The van der Waals surface area contributed by atoms with E-state index in [0.29, 0.717) is 11.6 Å². The molecule has 0 saturated heterocycles. The van der Waals surface area contributed by atoms with Crippen molar-refractivity contribution < 1.29 is 4.79 Å². The lowest BCUT2D eigenvalue weighted by molar-refractivity contribution is -0.115. The topological polar surface area (TPSA) is 42.0 Å². The molecule has 3 nitrogen and oxygen atoms in total. The number of rotatable bonds is 4. The quantitative estimate of drug-likeness (QED) is 0.777. The molecule has 1 N–H and O–H groups in total. The molecule has 0 aliphatic heterocycles. The average Bonchev–Trinajstić information content (AvgIpc) is 3.12. The smallest absolute Gasteiger partial charge is 0.230 e. The Balaban J connectivity index is 1.64. The number of hydrogen-bond donors (Lipinski definition) is 1. The van der Waals surface area contributed by atoms with E-state index in [1.807, 2.05) is 54.1 Å². The maximum atomic E-state index is 12.0. The third-order valence-corrected chi connectivity index (χ3v) is 4.66. The normalized spacial score (nSPS) is 10.5. The van der Waals surface area contributed by atoms with Gasteiger partial charge in [-0.15, -0.1) is 22.7 Å². The number of nitrogens with zero attached hydrogens (tertiary/aromatic N) is 1. The molecular formula is C16H14N2OS2. The second-order valence-electron chi connectivity index (χ2n) is 4.73. The third-order valence-electron chi connectivity index (χ3n) is 3.01. The van der Waals surface area contributed by atoms with Crippen LogP contribution in [0.1, 0.15) is 11.1 Å². The van der Waals surface area contributed by atoms with Gasteiger partial charge in [0.1, 0.15) is 0 Å². The first-order valence-electron chi connectivity index (χ1n) is 6.55. The summed E-state index contributed by atoms with van der Waals surface area (Å²) >= 11 is 3.10. The molecule has 2 aromatic heterocycles. The Hall–Kier alpha value is -1.98. The zero-order chi connectivity index (χ0) is 14.7. The number of thiazole rings is 1. The Bertz CT molecular complexity index is 730. The largest absolute Gasteiger partial charge is 0.302 e. The van der Waals surface area contributed by atoms with Gasteiger partial charge in [-0.25, -0.2) is 4.98 Å². The zero-order valence-electron chi connectivity index (χ0n) is 11.5. The molecule has 1 aromatic carbocycles. The Morgan fingerprint density at radius 1 is 1.19 bits per heavy atom. The molecule has 0 unspecified atom stereocenters. The van der Waals surface area contributed by atoms with Gasteiger partial charge in [0.25, 0.3) is 0 Å². The van der Waals surface area contributed by atoms with Crippen LogP contribution in [0.5, 0.6) is 0 Å². The van der Waals surface area contributed by atoms with E-state index in [4.69, 9.17) is 0 Å². The summed E-state index contributed by atoms with van der Waals surface area (Å²) in [6.45, 7) is 2.03. The summed E-state index contributed by atoms with van der Waals surface area (Å²) in [6.07, 6.45) is 0.369. The third kappa shape index (κ3) is 3.56. The number of amides is 1. The zero-order valence-corrected chi connectivity index (χ0v) is 13.1. The van der Waals surface area contributed by atoms with E-state index in [2.05, 4.69) is 10.3 Å². The van der Waals surface area contributed by atoms with E-state index >= 15 is 0 Å². The van der Waals surface area contributed by atoms with Gasteiger partial charge in [-0.1, -0.05) is 35.9 Å². The Morgan fingerprint density at radius 2 is 2.00 bits per heavy atom. The lowest BCUT2D eigenvalue weighted by atomic mass is 10.1.